The first kappa shape index (κ1) is 14.4. The molecule has 1 atom stereocenters. The van der Waals surface area contributed by atoms with E-state index in [9.17, 15) is 14.7 Å². The Morgan fingerprint density at radius 3 is 2.60 bits per heavy atom. The van der Waals surface area contributed by atoms with Crippen LogP contribution in [0.4, 0.5) is 0 Å². The van der Waals surface area contributed by atoms with Crippen molar-refractivity contribution >= 4 is 11.8 Å². The molecular formula is C15H20N2O3. The van der Waals surface area contributed by atoms with E-state index in [0.717, 1.165) is 25.9 Å². The van der Waals surface area contributed by atoms with Gasteiger partial charge in [-0.15, -0.1) is 0 Å². The van der Waals surface area contributed by atoms with Gasteiger partial charge in [0.1, 0.15) is 11.8 Å². The molecule has 2 amide bonds. The van der Waals surface area contributed by atoms with Crippen molar-refractivity contribution in [3.8, 4) is 5.75 Å². The summed E-state index contributed by atoms with van der Waals surface area (Å²) in [6.45, 7) is 3.25. The van der Waals surface area contributed by atoms with Gasteiger partial charge in [-0.05, 0) is 25.8 Å². The summed E-state index contributed by atoms with van der Waals surface area (Å²) >= 11 is 0. The quantitative estimate of drug-likeness (QED) is 0.864. The van der Waals surface area contributed by atoms with Gasteiger partial charge < -0.3 is 15.3 Å². The molecule has 1 fully saturated rings. The molecule has 108 valence electrons. The van der Waals surface area contributed by atoms with Gasteiger partial charge in [0.05, 0.1) is 6.42 Å². The van der Waals surface area contributed by atoms with Crippen LogP contribution in [-0.4, -0.2) is 41.0 Å². The van der Waals surface area contributed by atoms with Crippen LogP contribution in [0.5, 0.6) is 5.75 Å². The zero-order chi connectivity index (χ0) is 14.5. The van der Waals surface area contributed by atoms with Crippen molar-refractivity contribution in [3.05, 3.63) is 29.8 Å². The van der Waals surface area contributed by atoms with Crippen molar-refractivity contribution in [1.82, 2.24) is 10.2 Å². The fraction of sp³-hybridized carbons (Fsp3) is 0.467. The van der Waals surface area contributed by atoms with E-state index in [2.05, 4.69) is 5.32 Å². The summed E-state index contributed by atoms with van der Waals surface area (Å²) in [5, 5.41) is 12.3. The molecule has 0 aromatic heterocycles. The van der Waals surface area contributed by atoms with Gasteiger partial charge in [0, 0.05) is 18.7 Å². The summed E-state index contributed by atoms with van der Waals surface area (Å²) in [6.07, 6.45) is 2.14. The van der Waals surface area contributed by atoms with Crippen molar-refractivity contribution in [1.29, 1.82) is 0 Å². The first-order valence-electron chi connectivity index (χ1n) is 6.93. The van der Waals surface area contributed by atoms with Crippen molar-refractivity contribution in [2.24, 2.45) is 0 Å². The third-order valence-corrected chi connectivity index (χ3v) is 3.51. The van der Waals surface area contributed by atoms with Gasteiger partial charge in [0.2, 0.25) is 11.8 Å². The lowest BCUT2D eigenvalue weighted by atomic mass is 10.1. The minimum Gasteiger partial charge on any atom is -0.508 e. The lowest BCUT2D eigenvalue weighted by Gasteiger charge is -2.21. The van der Waals surface area contributed by atoms with Crippen LogP contribution >= 0.6 is 0 Å². The minimum atomic E-state index is -0.522. The molecule has 5 nitrogen and oxygen atoms in total. The van der Waals surface area contributed by atoms with Gasteiger partial charge in [-0.1, -0.05) is 18.2 Å². The normalized spacial score (nSPS) is 15.9. The first-order valence-corrected chi connectivity index (χ1v) is 6.93. The van der Waals surface area contributed by atoms with Gasteiger partial charge in [-0.3, -0.25) is 9.59 Å². The van der Waals surface area contributed by atoms with Crippen LogP contribution in [0.2, 0.25) is 0 Å². The van der Waals surface area contributed by atoms with E-state index in [1.165, 1.54) is 0 Å². The average Bonchev–Trinajstić information content (AvgIpc) is 2.94. The number of phenolic OH excluding ortho intramolecular Hbond substituents is 1. The van der Waals surface area contributed by atoms with Crippen molar-refractivity contribution in [2.45, 2.75) is 32.2 Å². The molecular weight excluding hydrogens is 256 g/mol. The Bertz CT molecular complexity index is 496. The third-order valence-electron chi connectivity index (χ3n) is 3.51. The number of para-hydroxylation sites is 1. The Morgan fingerprint density at radius 1 is 1.30 bits per heavy atom. The van der Waals surface area contributed by atoms with Crippen LogP contribution in [0.1, 0.15) is 25.3 Å². The van der Waals surface area contributed by atoms with E-state index in [1.807, 2.05) is 0 Å². The Hall–Kier alpha value is -2.04. The van der Waals surface area contributed by atoms with E-state index in [4.69, 9.17) is 0 Å². The lowest BCUT2D eigenvalue weighted by Crippen LogP contribution is -2.46. The maximum atomic E-state index is 12.1. The maximum absolute atomic E-state index is 12.1. The SMILES string of the molecule is CC(NC(=O)Cc1ccccc1O)C(=O)N1CCCC1. The predicted molar refractivity (Wildman–Crippen MR) is 75.2 cm³/mol. The van der Waals surface area contributed by atoms with Crippen LogP contribution in [-0.2, 0) is 16.0 Å². The molecule has 20 heavy (non-hydrogen) atoms. The monoisotopic (exact) mass is 276 g/mol. The molecule has 0 bridgehead atoms. The fourth-order valence-corrected chi connectivity index (χ4v) is 2.40. The number of hydrogen-bond acceptors (Lipinski definition) is 3. The summed E-state index contributed by atoms with van der Waals surface area (Å²) < 4.78 is 0. The van der Waals surface area contributed by atoms with Crippen molar-refractivity contribution in [2.75, 3.05) is 13.1 Å². The topological polar surface area (TPSA) is 69.6 Å². The summed E-state index contributed by atoms with van der Waals surface area (Å²) in [7, 11) is 0. The second kappa shape index (κ2) is 6.41. The van der Waals surface area contributed by atoms with Crippen LogP contribution in [0, 0.1) is 0 Å². The standard InChI is InChI=1S/C15H20N2O3/c1-11(15(20)17-8-4-5-9-17)16-14(19)10-12-6-2-3-7-13(12)18/h2-3,6-7,11,18H,4-5,8-10H2,1H3,(H,16,19). The highest BCUT2D eigenvalue weighted by atomic mass is 16.3. The molecule has 0 saturated carbocycles. The van der Waals surface area contributed by atoms with Gasteiger partial charge >= 0.3 is 0 Å². The first-order chi connectivity index (χ1) is 9.58. The molecule has 2 rings (SSSR count). The Balaban J connectivity index is 1.87. The number of nitrogens with zero attached hydrogens (tertiary/aromatic N) is 1. The fourth-order valence-electron chi connectivity index (χ4n) is 2.40. The second-order valence-corrected chi connectivity index (χ2v) is 5.13. The molecule has 1 saturated heterocycles. The summed E-state index contributed by atoms with van der Waals surface area (Å²) in [6, 6.07) is 6.19. The number of rotatable bonds is 4. The smallest absolute Gasteiger partial charge is 0.244 e. The van der Waals surface area contributed by atoms with E-state index < -0.39 is 6.04 Å². The molecule has 1 aliphatic heterocycles. The lowest BCUT2D eigenvalue weighted by molar-refractivity contribution is -0.134. The number of carbonyl (C=O) groups excluding carboxylic acids is 2. The van der Waals surface area contributed by atoms with Crippen LogP contribution < -0.4 is 5.32 Å². The Labute approximate surface area is 118 Å². The highest BCUT2D eigenvalue weighted by Gasteiger charge is 2.24. The third kappa shape index (κ3) is 3.50. The number of likely N-dealkylation sites (tertiary alicyclic amines) is 1. The molecule has 1 heterocycles. The Morgan fingerprint density at radius 2 is 1.95 bits per heavy atom. The van der Waals surface area contributed by atoms with Gasteiger partial charge in [-0.25, -0.2) is 0 Å². The van der Waals surface area contributed by atoms with Gasteiger partial charge in [0.15, 0.2) is 0 Å². The number of benzene rings is 1. The molecule has 1 aliphatic rings. The van der Waals surface area contributed by atoms with Gasteiger partial charge in [-0.2, -0.15) is 0 Å². The average molecular weight is 276 g/mol. The highest BCUT2D eigenvalue weighted by molar-refractivity contribution is 5.88. The molecule has 0 radical (unpaired) electrons. The largest absolute Gasteiger partial charge is 0.508 e. The summed E-state index contributed by atoms with van der Waals surface area (Å²) in [5.74, 6) is -0.194. The molecule has 5 heteroatoms. The molecule has 1 aromatic carbocycles. The minimum absolute atomic E-state index is 0.0341. The maximum Gasteiger partial charge on any atom is 0.244 e. The van der Waals surface area contributed by atoms with E-state index >= 15 is 0 Å². The molecule has 2 N–H and O–H groups in total. The van der Waals surface area contributed by atoms with Crippen LogP contribution in [0.3, 0.4) is 0 Å². The Kier molecular flexibility index (Phi) is 4.61. The predicted octanol–water partition coefficient (Wildman–Crippen LogP) is 1.06. The second-order valence-electron chi connectivity index (χ2n) is 5.13. The number of carbonyl (C=O) groups is 2. The summed E-state index contributed by atoms with van der Waals surface area (Å²) in [4.78, 5) is 25.7. The number of hydrogen-bond donors (Lipinski definition) is 2. The van der Waals surface area contributed by atoms with Gasteiger partial charge in [0.25, 0.3) is 0 Å². The summed E-state index contributed by atoms with van der Waals surface area (Å²) in [5.41, 5.74) is 0.561. The molecule has 1 aromatic rings. The van der Waals surface area contributed by atoms with E-state index in [0.29, 0.717) is 5.56 Å². The molecule has 0 spiro atoms. The molecule has 1 unspecified atom stereocenters. The number of phenols is 1. The molecule has 0 aliphatic carbocycles. The highest BCUT2D eigenvalue weighted by Crippen LogP contribution is 2.16. The van der Waals surface area contributed by atoms with Crippen molar-refractivity contribution in [3.63, 3.8) is 0 Å². The number of amides is 2. The van der Waals surface area contributed by atoms with Crippen LogP contribution in [0.25, 0.3) is 0 Å². The van der Waals surface area contributed by atoms with E-state index in [-0.39, 0.29) is 24.0 Å². The zero-order valence-corrected chi connectivity index (χ0v) is 11.6. The van der Waals surface area contributed by atoms with Crippen LogP contribution in [0.15, 0.2) is 24.3 Å². The number of nitrogens with one attached hydrogen (secondary N) is 1. The van der Waals surface area contributed by atoms with E-state index in [1.54, 1.807) is 36.1 Å². The number of aromatic hydroxyl groups is 1. The van der Waals surface area contributed by atoms with Crippen molar-refractivity contribution < 1.29 is 14.7 Å². The zero-order valence-electron chi connectivity index (χ0n) is 11.6.